The second-order valence-electron chi connectivity index (χ2n) is 5.55. The monoisotopic (exact) mass is 258 g/mol. The summed E-state index contributed by atoms with van der Waals surface area (Å²) in [7, 11) is 0. The van der Waals surface area contributed by atoms with Gasteiger partial charge >= 0.3 is 0 Å². The van der Waals surface area contributed by atoms with Crippen LogP contribution in [0.5, 0.6) is 0 Å². The summed E-state index contributed by atoms with van der Waals surface area (Å²) in [5.41, 5.74) is 1.90. The van der Waals surface area contributed by atoms with Gasteiger partial charge in [-0.05, 0) is 56.3 Å². The zero-order valence-electron chi connectivity index (χ0n) is 11.5. The van der Waals surface area contributed by atoms with Gasteiger partial charge in [0.05, 0.1) is 17.7 Å². The normalized spacial score (nSPS) is 24.7. The Balaban J connectivity index is 1.83. The summed E-state index contributed by atoms with van der Waals surface area (Å²) in [6.07, 6.45) is 4.13. The molecule has 0 bridgehead atoms. The second-order valence-corrected chi connectivity index (χ2v) is 5.55. The van der Waals surface area contributed by atoms with E-state index in [4.69, 9.17) is 5.26 Å². The van der Waals surface area contributed by atoms with E-state index in [1.165, 1.54) is 12.0 Å². The Hall–Kier alpha value is -1.37. The Morgan fingerprint density at radius 2 is 2.11 bits per heavy atom. The van der Waals surface area contributed by atoms with Gasteiger partial charge in [-0.3, -0.25) is 0 Å². The lowest BCUT2D eigenvalue weighted by Crippen LogP contribution is -2.30. The van der Waals surface area contributed by atoms with Gasteiger partial charge in [-0.15, -0.1) is 0 Å². The lowest BCUT2D eigenvalue weighted by Gasteiger charge is -2.27. The maximum atomic E-state index is 9.66. The fourth-order valence-corrected chi connectivity index (χ4v) is 2.76. The number of aliphatic hydroxyl groups is 1. The van der Waals surface area contributed by atoms with Gasteiger partial charge in [-0.2, -0.15) is 5.26 Å². The molecule has 19 heavy (non-hydrogen) atoms. The van der Waals surface area contributed by atoms with Gasteiger partial charge in [0.15, 0.2) is 0 Å². The molecular weight excluding hydrogens is 236 g/mol. The van der Waals surface area contributed by atoms with Gasteiger partial charge in [0.2, 0.25) is 0 Å². The number of benzene rings is 1. The molecule has 3 unspecified atom stereocenters. The zero-order valence-corrected chi connectivity index (χ0v) is 11.5. The van der Waals surface area contributed by atoms with Crippen LogP contribution < -0.4 is 5.32 Å². The van der Waals surface area contributed by atoms with Crippen LogP contribution in [0.15, 0.2) is 24.3 Å². The summed E-state index contributed by atoms with van der Waals surface area (Å²) >= 11 is 0. The molecule has 2 rings (SSSR count). The third-order valence-corrected chi connectivity index (χ3v) is 4.01. The van der Waals surface area contributed by atoms with Crippen molar-refractivity contribution in [2.24, 2.45) is 5.92 Å². The van der Waals surface area contributed by atoms with Crippen molar-refractivity contribution >= 4 is 0 Å². The Morgan fingerprint density at radius 1 is 1.37 bits per heavy atom. The molecule has 1 fully saturated rings. The zero-order chi connectivity index (χ0) is 13.7. The van der Waals surface area contributed by atoms with Crippen LogP contribution in [-0.2, 0) is 0 Å². The number of hydrogen-bond donors (Lipinski definition) is 2. The molecule has 0 heterocycles. The average Bonchev–Trinajstić information content (AvgIpc) is 2.45. The molecule has 102 valence electrons. The minimum Gasteiger partial charge on any atom is -0.393 e. The summed E-state index contributed by atoms with van der Waals surface area (Å²) in [6.45, 7) is 3.10. The van der Waals surface area contributed by atoms with Gasteiger partial charge in [0.1, 0.15) is 0 Å². The predicted octanol–water partition coefficient (Wildman–Crippen LogP) is 2.76. The third kappa shape index (κ3) is 4.05. The van der Waals surface area contributed by atoms with E-state index in [2.05, 4.69) is 18.3 Å². The maximum absolute atomic E-state index is 9.66. The fraction of sp³-hybridized carbons (Fsp3) is 0.562. The Morgan fingerprint density at radius 3 is 2.74 bits per heavy atom. The minimum absolute atomic E-state index is 0.106. The van der Waals surface area contributed by atoms with E-state index in [0.29, 0.717) is 11.5 Å². The molecule has 0 aromatic heterocycles. The average molecular weight is 258 g/mol. The number of nitrogens with one attached hydrogen (secondary N) is 1. The highest BCUT2D eigenvalue weighted by Gasteiger charge is 2.20. The van der Waals surface area contributed by atoms with E-state index in [1.807, 2.05) is 24.3 Å². The topological polar surface area (TPSA) is 56.0 Å². The maximum Gasteiger partial charge on any atom is 0.0991 e. The summed E-state index contributed by atoms with van der Waals surface area (Å²) in [6, 6.07) is 10.1. The van der Waals surface area contributed by atoms with E-state index in [0.717, 1.165) is 25.8 Å². The van der Waals surface area contributed by atoms with Crippen molar-refractivity contribution in [3.63, 3.8) is 0 Å². The molecule has 1 saturated carbocycles. The first-order valence-corrected chi connectivity index (χ1v) is 7.10. The molecule has 3 nitrogen and oxygen atoms in total. The Bertz CT molecular complexity index is 435. The number of aliphatic hydroxyl groups excluding tert-OH is 1. The number of nitriles is 1. The molecule has 2 N–H and O–H groups in total. The van der Waals surface area contributed by atoms with E-state index >= 15 is 0 Å². The van der Waals surface area contributed by atoms with Crippen LogP contribution in [-0.4, -0.2) is 17.8 Å². The SMILES string of the molecule is CC(NCC1CCCC(O)C1)c1ccc(C#N)cc1. The fourth-order valence-electron chi connectivity index (χ4n) is 2.76. The number of nitrogens with zero attached hydrogens (tertiary/aromatic N) is 1. The van der Waals surface area contributed by atoms with Crippen molar-refractivity contribution in [2.75, 3.05) is 6.54 Å². The van der Waals surface area contributed by atoms with Crippen LogP contribution in [0.3, 0.4) is 0 Å². The van der Waals surface area contributed by atoms with Crippen LogP contribution in [0.1, 0.15) is 49.8 Å². The molecule has 3 atom stereocenters. The van der Waals surface area contributed by atoms with E-state index < -0.39 is 0 Å². The van der Waals surface area contributed by atoms with Crippen molar-refractivity contribution in [1.82, 2.24) is 5.32 Å². The third-order valence-electron chi connectivity index (χ3n) is 4.01. The molecule has 1 aromatic carbocycles. The molecular formula is C16H22N2O. The Labute approximate surface area is 115 Å². The van der Waals surface area contributed by atoms with E-state index in [-0.39, 0.29) is 12.1 Å². The molecule has 0 aliphatic heterocycles. The quantitative estimate of drug-likeness (QED) is 0.873. The van der Waals surface area contributed by atoms with Gasteiger partial charge in [0.25, 0.3) is 0 Å². The molecule has 0 saturated heterocycles. The van der Waals surface area contributed by atoms with E-state index in [1.54, 1.807) is 0 Å². The number of hydrogen-bond acceptors (Lipinski definition) is 3. The molecule has 1 aliphatic carbocycles. The first-order valence-electron chi connectivity index (χ1n) is 7.10. The second kappa shape index (κ2) is 6.70. The highest BCUT2D eigenvalue weighted by atomic mass is 16.3. The van der Waals surface area contributed by atoms with Crippen molar-refractivity contribution < 1.29 is 5.11 Å². The standard InChI is InChI=1S/C16H22N2O/c1-12(15-7-5-13(10-17)6-8-15)18-11-14-3-2-4-16(19)9-14/h5-8,12,14,16,18-19H,2-4,9,11H2,1H3. The first-order chi connectivity index (χ1) is 9.19. The molecule has 0 amide bonds. The summed E-state index contributed by atoms with van der Waals surface area (Å²) in [4.78, 5) is 0. The molecule has 1 aromatic rings. The minimum atomic E-state index is -0.106. The van der Waals surface area contributed by atoms with Crippen LogP contribution in [0.2, 0.25) is 0 Å². The summed E-state index contributed by atoms with van der Waals surface area (Å²) in [5.74, 6) is 0.588. The Kier molecular flexibility index (Phi) is 4.95. The first kappa shape index (κ1) is 14.0. The van der Waals surface area contributed by atoms with Crippen molar-refractivity contribution in [3.8, 4) is 6.07 Å². The number of rotatable bonds is 4. The van der Waals surface area contributed by atoms with Gasteiger partial charge in [-0.25, -0.2) is 0 Å². The smallest absolute Gasteiger partial charge is 0.0991 e. The van der Waals surface area contributed by atoms with Gasteiger partial charge in [-0.1, -0.05) is 18.6 Å². The molecule has 0 radical (unpaired) electrons. The van der Waals surface area contributed by atoms with Crippen LogP contribution in [0, 0.1) is 17.2 Å². The lowest BCUT2D eigenvalue weighted by atomic mass is 9.87. The van der Waals surface area contributed by atoms with Crippen LogP contribution >= 0.6 is 0 Å². The van der Waals surface area contributed by atoms with Crippen molar-refractivity contribution in [3.05, 3.63) is 35.4 Å². The van der Waals surface area contributed by atoms with Crippen molar-refractivity contribution in [1.29, 1.82) is 5.26 Å². The van der Waals surface area contributed by atoms with Gasteiger partial charge < -0.3 is 10.4 Å². The highest BCUT2D eigenvalue weighted by molar-refractivity contribution is 5.32. The van der Waals surface area contributed by atoms with Crippen molar-refractivity contribution in [2.45, 2.75) is 44.8 Å². The molecule has 3 heteroatoms. The lowest BCUT2D eigenvalue weighted by molar-refractivity contribution is 0.0998. The summed E-state index contributed by atoms with van der Waals surface area (Å²) in [5, 5.41) is 22.0. The summed E-state index contributed by atoms with van der Waals surface area (Å²) < 4.78 is 0. The van der Waals surface area contributed by atoms with Crippen LogP contribution in [0.25, 0.3) is 0 Å². The highest BCUT2D eigenvalue weighted by Crippen LogP contribution is 2.24. The van der Waals surface area contributed by atoms with E-state index in [9.17, 15) is 5.11 Å². The van der Waals surface area contributed by atoms with Crippen LogP contribution in [0.4, 0.5) is 0 Å². The molecule has 1 aliphatic rings. The van der Waals surface area contributed by atoms with Gasteiger partial charge in [0, 0.05) is 6.04 Å². The molecule has 0 spiro atoms. The predicted molar refractivity (Wildman–Crippen MR) is 75.5 cm³/mol. The largest absolute Gasteiger partial charge is 0.393 e.